The molecule has 4 aromatic heterocycles. The Bertz CT molecular complexity index is 1740. The van der Waals surface area contributed by atoms with Crippen LogP contribution in [0.3, 0.4) is 0 Å². The monoisotopic (exact) mass is 494 g/mol. The topological polar surface area (TPSA) is 87.2 Å². The molecule has 0 aliphatic rings. The molecule has 0 atom stereocenters. The lowest BCUT2D eigenvalue weighted by Crippen LogP contribution is -2.00. The number of rotatable bonds is 6. The van der Waals surface area contributed by atoms with Crippen LogP contribution in [0.25, 0.3) is 44.8 Å². The smallest absolute Gasteiger partial charge is 0.164 e. The van der Waals surface area contributed by atoms with E-state index < -0.39 is 0 Å². The average Bonchev–Trinajstić information content (AvgIpc) is 3.58. The maximum atomic E-state index is 4.68. The summed E-state index contributed by atoms with van der Waals surface area (Å²) in [7, 11) is 0. The Hall–Kier alpha value is -5.24. The van der Waals surface area contributed by atoms with Crippen LogP contribution in [0.4, 0.5) is 0 Å². The minimum Gasteiger partial charge on any atom is -0.311 e. The molecule has 7 aromatic rings. The average molecular weight is 495 g/mol. The van der Waals surface area contributed by atoms with Gasteiger partial charge in [0.15, 0.2) is 11.3 Å². The summed E-state index contributed by atoms with van der Waals surface area (Å²) in [5.41, 5.74) is 8.95. The Labute approximate surface area is 218 Å². The first-order chi connectivity index (χ1) is 18.8. The number of imidazole rings is 2. The van der Waals surface area contributed by atoms with Crippen molar-refractivity contribution in [1.29, 1.82) is 0 Å². The molecule has 0 spiro atoms. The van der Waals surface area contributed by atoms with Gasteiger partial charge in [0.05, 0.1) is 25.7 Å². The number of hydrogen-bond donors (Lipinski definition) is 0. The minimum absolute atomic E-state index is 0.693. The second-order valence-electron chi connectivity index (χ2n) is 9.09. The van der Waals surface area contributed by atoms with Crippen LogP contribution in [0.2, 0.25) is 0 Å². The number of hydrogen-bond acceptors (Lipinski definition) is 6. The largest absolute Gasteiger partial charge is 0.311 e. The highest BCUT2D eigenvalue weighted by Gasteiger charge is 2.16. The van der Waals surface area contributed by atoms with E-state index >= 15 is 0 Å². The summed E-state index contributed by atoms with van der Waals surface area (Å²) in [4.78, 5) is 27.7. The van der Waals surface area contributed by atoms with Crippen molar-refractivity contribution in [2.45, 2.75) is 13.1 Å². The fourth-order valence-electron chi connectivity index (χ4n) is 4.79. The molecule has 0 bridgehead atoms. The molecule has 0 aliphatic carbocycles. The molecule has 0 aliphatic heterocycles. The molecule has 7 rings (SSSR count). The normalized spacial score (nSPS) is 11.4. The van der Waals surface area contributed by atoms with Crippen molar-refractivity contribution in [2.75, 3.05) is 0 Å². The molecule has 0 fully saturated rings. The van der Waals surface area contributed by atoms with Gasteiger partial charge in [-0.15, -0.1) is 0 Å². The first-order valence-electron chi connectivity index (χ1n) is 12.3. The predicted octanol–water partition coefficient (Wildman–Crippen LogP) is 5.40. The van der Waals surface area contributed by atoms with Gasteiger partial charge in [0.25, 0.3) is 0 Å². The summed E-state index contributed by atoms with van der Waals surface area (Å²) in [5.74, 6) is 0. The third-order valence-corrected chi connectivity index (χ3v) is 6.60. The molecule has 0 radical (unpaired) electrons. The molecular weight excluding hydrogens is 472 g/mol. The quantitative estimate of drug-likeness (QED) is 0.308. The Balaban J connectivity index is 1.26. The van der Waals surface area contributed by atoms with Crippen LogP contribution >= 0.6 is 0 Å². The van der Waals surface area contributed by atoms with Crippen LogP contribution in [0, 0.1) is 0 Å². The Morgan fingerprint density at radius 1 is 0.474 bits per heavy atom. The maximum Gasteiger partial charge on any atom is 0.164 e. The lowest BCUT2D eigenvalue weighted by atomic mass is 10.0. The molecule has 0 amide bonds. The fourth-order valence-corrected chi connectivity index (χ4v) is 4.79. The molecule has 8 nitrogen and oxygen atoms in total. The highest BCUT2D eigenvalue weighted by atomic mass is 15.1. The lowest BCUT2D eigenvalue weighted by Gasteiger charge is -2.08. The van der Waals surface area contributed by atoms with Crippen LogP contribution in [0.1, 0.15) is 11.1 Å². The molecule has 3 aromatic carbocycles. The van der Waals surface area contributed by atoms with Crippen LogP contribution in [-0.2, 0) is 13.1 Å². The predicted molar refractivity (Wildman–Crippen MR) is 146 cm³/mol. The van der Waals surface area contributed by atoms with E-state index in [1.165, 1.54) is 11.1 Å². The standard InChI is InChI=1S/C30H22N8/c1-3-8-21(9-4-1)15-37-19-35-27-25(31-17-33-29(27)37)23-12-7-13-24(14-23)26-28-30(34-18-32-26)38(20-36-28)16-22-10-5-2-6-11-22/h1-14,17-20H,15-16H2. The number of benzene rings is 3. The highest BCUT2D eigenvalue weighted by molar-refractivity contribution is 5.91. The first-order valence-corrected chi connectivity index (χ1v) is 12.3. The van der Waals surface area contributed by atoms with Gasteiger partial charge in [-0.2, -0.15) is 0 Å². The van der Waals surface area contributed by atoms with Crippen LogP contribution in [0.5, 0.6) is 0 Å². The molecule has 8 heteroatoms. The zero-order chi connectivity index (χ0) is 25.3. The lowest BCUT2D eigenvalue weighted by molar-refractivity contribution is 0.813. The van der Waals surface area contributed by atoms with Gasteiger partial charge in [0.1, 0.15) is 35.1 Å². The Morgan fingerprint density at radius 3 is 1.42 bits per heavy atom. The van der Waals surface area contributed by atoms with Gasteiger partial charge in [-0.3, -0.25) is 0 Å². The van der Waals surface area contributed by atoms with Gasteiger partial charge in [-0.25, -0.2) is 29.9 Å². The molecule has 182 valence electrons. The van der Waals surface area contributed by atoms with E-state index in [2.05, 4.69) is 60.2 Å². The van der Waals surface area contributed by atoms with Crippen molar-refractivity contribution < 1.29 is 0 Å². The fraction of sp³-hybridized carbons (Fsp3) is 0.0667. The zero-order valence-corrected chi connectivity index (χ0v) is 20.4. The minimum atomic E-state index is 0.693. The maximum absolute atomic E-state index is 4.68. The van der Waals surface area contributed by atoms with Crippen molar-refractivity contribution in [3.8, 4) is 22.5 Å². The molecule has 4 heterocycles. The van der Waals surface area contributed by atoms with Gasteiger partial charge in [-0.1, -0.05) is 78.9 Å². The second-order valence-corrected chi connectivity index (χ2v) is 9.09. The van der Waals surface area contributed by atoms with Crippen molar-refractivity contribution >= 4 is 22.3 Å². The van der Waals surface area contributed by atoms with Crippen molar-refractivity contribution in [3.63, 3.8) is 0 Å². The Morgan fingerprint density at radius 2 is 0.947 bits per heavy atom. The van der Waals surface area contributed by atoms with E-state index in [4.69, 9.17) is 0 Å². The van der Waals surface area contributed by atoms with Gasteiger partial charge in [0, 0.05) is 11.1 Å². The molecule has 0 N–H and O–H groups in total. The van der Waals surface area contributed by atoms with Crippen molar-refractivity contribution in [1.82, 2.24) is 39.0 Å². The summed E-state index contributed by atoms with van der Waals surface area (Å²) in [6, 6.07) is 28.7. The third kappa shape index (κ3) is 3.98. The van der Waals surface area contributed by atoms with Gasteiger partial charge >= 0.3 is 0 Å². The SMILES string of the molecule is c1ccc(Cn2cnc3c(-c4cccc(-c5ncnc6c5ncn6Cc5ccccc5)c4)ncnc32)cc1. The molecule has 0 unspecified atom stereocenters. The molecule has 38 heavy (non-hydrogen) atoms. The summed E-state index contributed by atoms with van der Waals surface area (Å²) in [5, 5.41) is 0. The van der Waals surface area contributed by atoms with Gasteiger partial charge in [0.2, 0.25) is 0 Å². The number of fused-ring (bicyclic) bond motifs is 2. The molecule has 0 saturated heterocycles. The summed E-state index contributed by atoms with van der Waals surface area (Å²) < 4.78 is 4.10. The van der Waals surface area contributed by atoms with E-state index in [-0.39, 0.29) is 0 Å². The van der Waals surface area contributed by atoms with E-state index in [0.29, 0.717) is 13.1 Å². The summed E-state index contributed by atoms with van der Waals surface area (Å²) in [6.07, 6.45) is 6.85. The van der Waals surface area contributed by atoms with Gasteiger partial charge < -0.3 is 9.13 Å². The van der Waals surface area contributed by atoms with E-state index in [1.807, 2.05) is 76.4 Å². The molecular formula is C30H22N8. The number of aromatic nitrogens is 8. The van der Waals surface area contributed by atoms with Crippen molar-refractivity contribution in [3.05, 3.63) is 121 Å². The van der Waals surface area contributed by atoms with Crippen LogP contribution in [-0.4, -0.2) is 39.0 Å². The van der Waals surface area contributed by atoms with Crippen molar-refractivity contribution in [2.24, 2.45) is 0 Å². The molecule has 0 saturated carbocycles. The van der Waals surface area contributed by atoms with Crippen LogP contribution < -0.4 is 0 Å². The van der Waals surface area contributed by atoms with E-state index in [9.17, 15) is 0 Å². The van der Waals surface area contributed by atoms with Crippen LogP contribution in [0.15, 0.2) is 110 Å². The summed E-state index contributed by atoms with van der Waals surface area (Å²) >= 11 is 0. The second kappa shape index (κ2) is 9.33. The zero-order valence-electron chi connectivity index (χ0n) is 20.4. The Kier molecular flexibility index (Phi) is 5.40. The van der Waals surface area contributed by atoms with E-state index in [0.717, 1.165) is 44.8 Å². The highest BCUT2D eigenvalue weighted by Crippen LogP contribution is 2.30. The first kappa shape index (κ1) is 22.0. The van der Waals surface area contributed by atoms with E-state index in [1.54, 1.807) is 12.7 Å². The summed E-state index contributed by atoms with van der Waals surface area (Å²) in [6.45, 7) is 1.39. The van der Waals surface area contributed by atoms with Gasteiger partial charge in [-0.05, 0) is 17.2 Å². The number of nitrogens with zero attached hydrogens (tertiary/aromatic N) is 8. The third-order valence-electron chi connectivity index (χ3n) is 6.60.